The topological polar surface area (TPSA) is 56.7 Å². The quantitative estimate of drug-likeness (QED) is 0.909. The first-order chi connectivity index (χ1) is 7.59. The first kappa shape index (κ1) is 11.8. The van der Waals surface area contributed by atoms with Crippen LogP contribution in [0.4, 0.5) is 0 Å². The fraction of sp³-hybridized carbons (Fsp3) is 0.200. The number of aryl methyl sites for hydroxylation is 1. The molecule has 1 unspecified atom stereocenters. The predicted octanol–water partition coefficient (Wildman–Crippen LogP) is 2.39. The van der Waals surface area contributed by atoms with E-state index in [9.17, 15) is 0 Å². The molecule has 0 amide bonds. The van der Waals surface area contributed by atoms with E-state index >= 15 is 0 Å². The Morgan fingerprint density at radius 1 is 1.25 bits per heavy atom. The smallest absolute Gasteiger partial charge is 0.153 e. The van der Waals surface area contributed by atoms with Crippen molar-refractivity contribution < 1.29 is 0 Å². The number of aromatic nitrogens is 3. The molecule has 1 atom stereocenters. The van der Waals surface area contributed by atoms with Crippen molar-refractivity contribution in [2.75, 3.05) is 0 Å². The molecular formula is C10H10Br2N4. The molecule has 0 aliphatic rings. The van der Waals surface area contributed by atoms with Gasteiger partial charge in [-0.05, 0) is 33.6 Å². The molecule has 0 aliphatic carbocycles. The van der Waals surface area contributed by atoms with Gasteiger partial charge in [-0.25, -0.2) is 4.68 Å². The Labute approximate surface area is 110 Å². The van der Waals surface area contributed by atoms with Gasteiger partial charge in [0.2, 0.25) is 0 Å². The summed E-state index contributed by atoms with van der Waals surface area (Å²) in [5.74, 6) is 0. The summed E-state index contributed by atoms with van der Waals surface area (Å²) in [7, 11) is 1.83. The minimum Gasteiger partial charge on any atom is -0.319 e. The summed E-state index contributed by atoms with van der Waals surface area (Å²) in [4.78, 5) is 0. The zero-order valence-corrected chi connectivity index (χ0v) is 11.7. The zero-order chi connectivity index (χ0) is 11.7. The second-order valence-electron chi connectivity index (χ2n) is 3.42. The molecule has 0 radical (unpaired) electrons. The lowest BCUT2D eigenvalue weighted by molar-refractivity contribution is 0.651. The van der Waals surface area contributed by atoms with Crippen LogP contribution in [0.25, 0.3) is 0 Å². The first-order valence-electron chi connectivity index (χ1n) is 4.65. The van der Waals surface area contributed by atoms with Gasteiger partial charge >= 0.3 is 0 Å². The van der Waals surface area contributed by atoms with E-state index < -0.39 is 0 Å². The second kappa shape index (κ2) is 4.65. The Kier molecular flexibility index (Phi) is 3.41. The molecular weight excluding hydrogens is 336 g/mol. The van der Waals surface area contributed by atoms with E-state index in [1.54, 1.807) is 4.68 Å². The van der Waals surface area contributed by atoms with Crippen molar-refractivity contribution in [2.24, 2.45) is 12.8 Å². The van der Waals surface area contributed by atoms with Gasteiger partial charge in [0.05, 0.1) is 11.7 Å². The second-order valence-corrected chi connectivity index (χ2v) is 5.09. The minimum absolute atomic E-state index is 0.234. The molecule has 0 bridgehead atoms. The molecule has 0 aliphatic heterocycles. The van der Waals surface area contributed by atoms with Crippen LogP contribution in [0.2, 0.25) is 0 Å². The molecule has 84 valence electrons. The van der Waals surface area contributed by atoms with Gasteiger partial charge < -0.3 is 5.73 Å². The number of nitrogens with zero attached hydrogens (tertiary/aromatic N) is 3. The normalized spacial score (nSPS) is 12.8. The highest BCUT2D eigenvalue weighted by atomic mass is 79.9. The lowest BCUT2D eigenvalue weighted by Crippen LogP contribution is -2.16. The van der Waals surface area contributed by atoms with E-state index in [-0.39, 0.29) is 6.04 Å². The average Bonchev–Trinajstić information content (AvgIpc) is 2.59. The van der Waals surface area contributed by atoms with E-state index in [0.29, 0.717) is 4.60 Å². The van der Waals surface area contributed by atoms with Gasteiger partial charge in [0.1, 0.15) is 0 Å². The minimum atomic E-state index is -0.234. The molecule has 1 aromatic heterocycles. The fourth-order valence-corrected chi connectivity index (χ4v) is 2.34. The van der Waals surface area contributed by atoms with Crippen LogP contribution in [0.15, 0.2) is 33.3 Å². The van der Waals surface area contributed by atoms with E-state index in [0.717, 1.165) is 15.7 Å². The Morgan fingerprint density at radius 2 is 1.88 bits per heavy atom. The number of rotatable bonds is 2. The number of hydrogen-bond acceptors (Lipinski definition) is 3. The molecule has 0 saturated heterocycles. The SMILES string of the molecule is Cn1nnc(Br)c1C(N)c1ccc(Br)cc1. The summed E-state index contributed by atoms with van der Waals surface area (Å²) in [5.41, 5.74) is 8.05. The van der Waals surface area contributed by atoms with E-state index in [1.165, 1.54) is 0 Å². The third kappa shape index (κ3) is 2.18. The monoisotopic (exact) mass is 344 g/mol. The molecule has 16 heavy (non-hydrogen) atoms. The third-order valence-corrected chi connectivity index (χ3v) is 3.44. The number of hydrogen-bond donors (Lipinski definition) is 1. The maximum Gasteiger partial charge on any atom is 0.153 e. The molecule has 0 fully saturated rings. The van der Waals surface area contributed by atoms with Crippen molar-refractivity contribution in [1.82, 2.24) is 15.0 Å². The largest absolute Gasteiger partial charge is 0.319 e. The first-order valence-corrected chi connectivity index (χ1v) is 6.24. The van der Waals surface area contributed by atoms with E-state index in [4.69, 9.17) is 5.73 Å². The van der Waals surface area contributed by atoms with Crippen molar-refractivity contribution in [1.29, 1.82) is 0 Å². The van der Waals surface area contributed by atoms with Gasteiger partial charge in [-0.3, -0.25) is 0 Å². The standard InChI is InChI=1S/C10H10Br2N4/c1-16-9(10(12)14-15-16)8(13)6-2-4-7(11)5-3-6/h2-5,8H,13H2,1H3. The van der Waals surface area contributed by atoms with Crippen LogP contribution >= 0.6 is 31.9 Å². The van der Waals surface area contributed by atoms with Gasteiger partial charge in [-0.2, -0.15) is 0 Å². The number of nitrogens with two attached hydrogens (primary N) is 1. The van der Waals surface area contributed by atoms with Gasteiger partial charge in [0, 0.05) is 11.5 Å². The van der Waals surface area contributed by atoms with Crippen LogP contribution in [-0.2, 0) is 7.05 Å². The van der Waals surface area contributed by atoms with Gasteiger partial charge in [-0.15, -0.1) is 5.10 Å². The van der Waals surface area contributed by atoms with Crippen molar-refractivity contribution >= 4 is 31.9 Å². The van der Waals surface area contributed by atoms with Gasteiger partial charge in [0.25, 0.3) is 0 Å². The van der Waals surface area contributed by atoms with Crippen LogP contribution in [0, 0.1) is 0 Å². The molecule has 1 heterocycles. The maximum atomic E-state index is 6.17. The predicted molar refractivity (Wildman–Crippen MR) is 68.9 cm³/mol. The van der Waals surface area contributed by atoms with Crippen molar-refractivity contribution in [3.63, 3.8) is 0 Å². The van der Waals surface area contributed by atoms with E-state index in [2.05, 4.69) is 42.2 Å². The molecule has 2 N–H and O–H groups in total. The van der Waals surface area contributed by atoms with Crippen LogP contribution in [0.5, 0.6) is 0 Å². The lowest BCUT2D eigenvalue weighted by Gasteiger charge is -2.12. The molecule has 6 heteroatoms. The van der Waals surface area contributed by atoms with Crippen LogP contribution < -0.4 is 5.73 Å². The van der Waals surface area contributed by atoms with Crippen LogP contribution in [0.3, 0.4) is 0 Å². The Morgan fingerprint density at radius 3 is 2.38 bits per heavy atom. The highest BCUT2D eigenvalue weighted by molar-refractivity contribution is 9.10. The summed E-state index contributed by atoms with van der Waals surface area (Å²) >= 11 is 6.74. The Balaban J connectivity index is 2.39. The Hall–Kier alpha value is -0.720. The highest BCUT2D eigenvalue weighted by Gasteiger charge is 2.17. The van der Waals surface area contributed by atoms with E-state index in [1.807, 2.05) is 31.3 Å². The molecule has 2 rings (SSSR count). The average molecular weight is 346 g/mol. The summed E-state index contributed by atoms with van der Waals surface area (Å²) in [6.45, 7) is 0. The zero-order valence-electron chi connectivity index (χ0n) is 8.56. The molecule has 4 nitrogen and oxygen atoms in total. The molecule has 2 aromatic rings. The summed E-state index contributed by atoms with van der Waals surface area (Å²) in [6.07, 6.45) is 0. The molecule has 0 saturated carbocycles. The summed E-state index contributed by atoms with van der Waals surface area (Å²) in [6, 6.07) is 7.66. The maximum absolute atomic E-state index is 6.17. The molecule has 1 aromatic carbocycles. The number of benzene rings is 1. The third-order valence-electron chi connectivity index (χ3n) is 2.35. The fourth-order valence-electron chi connectivity index (χ4n) is 1.50. The summed E-state index contributed by atoms with van der Waals surface area (Å²) in [5, 5.41) is 7.83. The van der Waals surface area contributed by atoms with Gasteiger partial charge in [0.15, 0.2) is 4.60 Å². The van der Waals surface area contributed by atoms with Crippen LogP contribution in [0.1, 0.15) is 17.3 Å². The molecule has 0 spiro atoms. The summed E-state index contributed by atoms with van der Waals surface area (Å²) < 4.78 is 3.40. The highest BCUT2D eigenvalue weighted by Crippen LogP contribution is 2.25. The van der Waals surface area contributed by atoms with Crippen molar-refractivity contribution in [3.05, 3.63) is 44.6 Å². The van der Waals surface area contributed by atoms with Crippen molar-refractivity contribution in [3.8, 4) is 0 Å². The Bertz CT molecular complexity index is 473. The van der Waals surface area contributed by atoms with Crippen LogP contribution in [-0.4, -0.2) is 15.0 Å². The lowest BCUT2D eigenvalue weighted by atomic mass is 10.1. The van der Waals surface area contributed by atoms with Crippen molar-refractivity contribution in [2.45, 2.75) is 6.04 Å². The van der Waals surface area contributed by atoms with Gasteiger partial charge in [-0.1, -0.05) is 33.3 Å². The number of halogens is 2.